The second-order valence-corrected chi connectivity index (χ2v) is 5.98. The van der Waals surface area contributed by atoms with E-state index in [0.29, 0.717) is 5.75 Å². The highest BCUT2D eigenvalue weighted by Crippen LogP contribution is 2.40. The molecule has 0 aromatic heterocycles. The zero-order valence-electron chi connectivity index (χ0n) is 13.8. The molecule has 0 spiro atoms. The van der Waals surface area contributed by atoms with Crippen molar-refractivity contribution in [3.8, 4) is 22.6 Å². The fraction of sp³-hybridized carbons (Fsp3) is 0.300. The van der Waals surface area contributed by atoms with Gasteiger partial charge in [-0.1, -0.05) is 18.2 Å². The Morgan fingerprint density at radius 1 is 0.955 bits per heavy atom. The fourth-order valence-electron chi connectivity index (χ4n) is 2.88. The lowest BCUT2D eigenvalue weighted by Gasteiger charge is -2.18. The Balaban J connectivity index is 2.75. The molecule has 116 valence electrons. The molecule has 0 saturated carbocycles. The zero-order chi connectivity index (χ0) is 16.4. The van der Waals surface area contributed by atoms with Crippen LogP contribution in [0.4, 0.5) is 0 Å². The topological polar surface area (TPSA) is 40.5 Å². The summed E-state index contributed by atoms with van der Waals surface area (Å²) in [6.45, 7) is 11.6. The molecule has 2 N–H and O–H groups in total. The first-order valence-corrected chi connectivity index (χ1v) is 7.60. The maximum atomic E-state index is 10.6. The molecule has 2 heteroatoms. The van der Waals surface area contributed by atoms with Gasteiger partial charge in [0.05, 0.1) is 0 Å². The van der Waals surface area contributed by atoms with Crippen LogP contribution in [0.1, 0.15) is 34.2 Å². The smallest absolute Gasteiger partial charge is 0.126 e. The van der Waals surface area contributed by atoms with E-state index >= 15 is 0 Å². The van der Waals surface area contributed by atoms with E-state index < -0.39 is 0 Å². The molecule has 0 atom stereocenters. The van der Waals surface area contributed by atoms with Crippen molar-refractivity contribution in [3.63, 3.8) is 0 Å². The minimum Gasteiger partial charge on any atom is -0.508 e. The molecular weight excluding hydrogens is 272 g/mol. The molecule has 0 saturated heterocycles. The number of benzene rings is 2. The lowest BCUT2D eigenvalue weighted by Crippen LogP contribution is -1.97. The number of hydrogen-bond acceptors (Lipinski definition) is 2. The molecule has 0 unspecified atom stereocenters. The first kappa shape index (κ1) is 16.2. The monoisotopic (exact) mass is 296 g/mol. The normalized spacial score (nSPS) is 10.7. The van der Waals surface area contributed by atoms with E-state index in [4.69, 9.17) is 0 Å². The third-order valence-electron chi connectivity index (χ3n) is 4.35. The fourth-order valence-corrected chi connectivity index (χ4v) is 2.88. The number of aromatic hydroxyl groups is 2. The van der Waals surface area contributed by atoms with E-state index in [1.165, 1.54) is 0 Å². The highest BCUT2D eigenvalue weighted by atomic mass is 16.3. The molecule has 0 aliphatic rings. The van der Waals surface area contributed by atoms with Crippen LogP contribution in [-0.2, 0) is 6.42 Å². The summed E-state index contributed by atoms with van der Waals surface area (Å²) >= 11 is 0. The summed E-state index contributed by atoms with van der Waals surface area (Å²) in [5.74, 6) is 0.565. The van der Waals surface area contributed by atoms with Gasteiger partial charge in [-0.3, -0.25) is 0 Å². The molecular formula is C20H24O2. The zero-order valence-corrected chi connectivity index (χ0v) is 13.8. The number of aryl methyl sites for hydroxylation is 3. The Kier molecular flexibility index (Phi) is 4.60. The van der Waals surface area contributed by atoms with Crippen molar-refractivity contribution < 1.29 is 10.2 Å². The van der Waals surface area contributed by atoms with Gasteiger partial charge < -0.3 is 10.2 Å². The first-order valence-electron chi connectivity index (χ1n) is 7.60. The van der Waals surface area contributed by atoms with Crippen LogP contribution >= 0.6 is 0 Å². The third-order valence-corrected chi connectivity index (χ3v) is 4.35. The van der Waals surface area contributed by atoms with E-state index in [1.807, 2.05) is 39.0 Å². The Hall–Kier alpha value is -2.22. The van der Waals surface area contributed by atoms with Gasteiger partial charge in [-0.15, -0.1) is 6.58 Å². The van der Waals surface area contributed by atoms with Gasteiger partial charge in [-0.2, -0.15) is 0 Å². The van der Waals surface area contributed by atoms with Crippen LogP contribution in [0.5, 0.6) is 11.5 Å². The molecule has 2 aromatic rings. The lowest BCUT2D eigenvalue weighted by atomic mass is 9.88. The van der Waals surface area contributed by atoms with E-state index in [0.717, 1.165) is 51.8 Å². The Bertz CT molecular complexity index is 704. The standard InChI is InChI=1S/C20H24O2/c1-6-7-8-17-13(3)9-14(4)20(22)19(17)16-10-12(2)15(5)18(21)11-16/h6,9-11,21-22H,1,7-8H2,2-5H3. The number of hydrogen-bond donors (Lipinski definition) is 2. The first-order chi connectivity index (χ1) is 10.4. The maximum Gasteiger partial charge on any atom is 0.126 e. The summed E-state index contributed by atoms with van der Waals surface area (Å²) in [4.78, 5) is 0. The van der Waals surface area contributed by atoms with Crippen molar-refractivity contribution in [2.24, 2.45) is 0 Å². The van der Waals surface area contributed by atoms with Crippen LogP contribution in [0, 0.1) is 27.7 Å². The Morgan fingerprint density at radius 3 is 2.23 bits per heavy atom. The van der Waals surface area contributed by atoms with Gasteiger partial charge in [0, 0.05) is 5.56 Å². The molecule has 2 aromatic carbocycles. The molecule has 0 bridgehead atoms. The summed E-state index contributed by atoms with van der Waals surface area (Å²) in [6, 6.07) is 5.78. The van der Waals surface area contributed by atoms with Crippen LogP contribution in [-0.4, -0.2) is 10.2 Å². The second kappa shape index (κ2) is 6.27. The van der Waals surface area contributed by atoms with E-state index in [2.05, 4.69) is 13.5 Å². The molecule has 2 nitrogen and oxygen atoms in total. The molecule has 2 rings (SSSR count). The van der Waals surface area contributed by atoms with Gasteiger partial charge in [0.1, 0.15) is 11.5 Å². The number of allylic oxidation sites excluding steroid dienone is 1. The van der Waals surface area contributed by atoms with Gasteiger partial charge in [-0.05, 0) is 80.0 Å². The maximum absolute atomic E-state index is 10.6. The quantitative estimate of drug-likeness (QED) is 0.769. The third kappa shape index (κ3) is 2.87. The number of phenolic OH excluding ortho intramolecular Hbond substituents is 2. The summed E-state index contributed by atoms with van der Waals surface area (Å²) in [6.07, 6.45) is 3.57. The number of rotatable bonds is 4. The number of phenols is 2. The average molecular weight is 296 g/mol. The van der Waals surface area contributed by atoms with Gasteiger partial charge in [0.15, 0.2) is 0 Å². The summed E-state index contributed by atoms with van der Waals surface area (Å²) in [5, 5.41) is 20.7. The molecule has 0 amide bonds. The van der Waals surface area contributed by atoms with Crippen molar-refractivity contribution in [2.45, 2.75) is 40.5 Å². The van der Waals surface area contributed by atoms with Crippen molar-refractivity contribution in [3.05, 3.63) is 58.7 Å². The Morgan fingerprint density at radius 2 is 1.64 bits per heavy atom. The summed E-state index contributed by atoms with van der Waals surface area (Å²) in [7, 11) is 0. The van der Waals surface area contributed by atoms with Crippen LogP contribution in [0.15, 0.2) is 30.9 Å². The highest BCUT2D eigenvalue weighted by Gasteiger charge is 2.17. The van der Waals surface area contributed by atoms with Crippen molar-refractivity contribution >= 4 is 0 Å². The molecule has 0 radical (unpaired) electrons. The van der Waals surface area contributed by atoms with Crippen molar-refractivity contribution in [1.82, 2.24) is 0 Å². The van der Waals surface area contributed by atoms with Crippen LogP contribution < -0.4 is 0 Å². The van der Waals surface area contributed by atoms with Gasteiger partial charge >= 0.3 is 0 Å². The Labute approximate surface area is 132 Å². The second-order valence-electron chi connectivity index (χ2n) is 5.98. The van der Waals surface area contributed by atoms with E-state index in [1.54, 1.807) is 6.07 Å². The highest BCUT2D eigenvalue weighted by molar-refractivity contribution is 5.78. The van der Waals surface area contributed by atoms with Crippen molar-refractivity contribution in [2.75, 3.05) is 0 Å². The molecule has 22 heavy (non-hydrogen) atoms. The largest absolute Gasteiger partial charge is 0.508 e. The predicted molar refractivity (Wildman–Crippen MR) is 92.7 cm³/mol. The minimum absolute atomic E-state index is 0.267. The molecule has 0 aliphatic carbocycles. The molecule has 0 aliphatic heterocycles. The average Bonchev–Trinajstić information content (AvgIpc) is 2.46. The van der Waals surface area contributed by atoms with Crippen LogP contribution in [0.2, 0.25) is 0 Å². The van der Waals surface area contributed by atoms with Crippen LogP contribution in [0.25, 0.3) is 11.1 Å². The lowest BCUT2D eigenvalue weighted by molar-refractivity contribution is 0.469. The van der Waals surface area contributed by atoms with E-state index in [9.17, 15) is 10.2 Å². The summed E-state index contributed by atoms with van der Waals surface area (Å²) in [5.41, 5.74) is 6.72. The SMILES string of the molecule is C=CCCc1c(C)cc(C)c(O)c1-c1cc(C)c(C)c(O)c1. The van der Waals surface area contributed by atoms with Gasteiger partial charge in [0.2, 0.25) is 0 Å². The molecule has 0 heterocycles. The minimum atomic E-state index is 0.267. The van der Waals surface area contributed by atoms with Gasteiger partial charge in [0.25, 0.3) is 0 Å². The van der Waals surface area contributed by atoms with Crippen LogP contribution in [0.3, 0.4) is 0 Å². The van der Waals surface area contributed by atoms with E-state index in [-0.39, 0.29) is 5.75 Å². The van der Waals surface area contributed by atoms with Crippen molar-refractivity contribution in [1.29, 1.82) is 0 Å². The van der Waals surface area contributed by atoms with Gasteiger partial charge in [-0.25, -0.2) is 0 Å². The predicted octanol–water partition coefficient (Wildman–Crippen LogP) is 5.12. The molecule has 0 fully saturated rings. The summed E-state index contributed by atoms with van der Waals surface area (Å²) < 4.78 is 0.